The molecule has 0 saturated carbocycles. The largest absolute Gasteiger partial charge is 1.00 e. The van der Waals surface area contributed by atoms with Crippen LogP contribution in [0.5, 0.6) is 0 Å². The maximum Gasteiger partial charge on any atom is 1.00 e. The van der Waals surface area contributed by atoms with Crippen molar-refractivity contribution in [1.82, 2.24) is 0 Å². The summed E-state index contributed by atoms with van der Waals surface area (Å²) < 4.78 is 4.79. The van der Waals surface area contributed by atoms with E-state index in [1.807, 2.05) is 6.92 Å². The Bertz CT molecular complexity index is 56.9. The Hall–Kier alpha value is 2.16. The molecular formula is C3H5CsOS2. The zero-order valence-corrected chi connectivity index (χ0v) is 12.3. The normalized spacial score (nSPS) is 6.43. The third-order valence-electron chi connectivity index (χ3n) is 0.262. The Balaban J connectivity index is 0. The second-order valence-corrected chi connectivity index (χ2v) is 1.68. The van der Waals surface area contributed by atoms with Crippen LogP contribution >= 0.6 is 12.2 Å². The molecule has 0 aromatic carbocycles. The summed E-state index contributed by atoms with van der Waals surface area (Å²) in [7, 11) is 0. The van der Waals surface area contributed by atoms with E-state index in [9.17, 15) is 0 Å². The number of thiocarbonyl (C=S) groups is 1. The summed E-state index contributed by atoms with van der Waals surface area (Å²) in [6.07, 6.45) is 0. The van der Waals surface area contributed by atoms with Gasteiger partial charge in [0.25, 0.3) is 0 Å². The van der Waals surface area contributed by atoms with Crippen molar-refractivity contribution >= 4 is 29.2 Å². The van der Waals surface area contributed by atoms with Crippen molar-refractivity contribution < 1.29 is 73.6 Å². The topological polar surface area (TPSA) is 9.23 Å². The molecule has 7 heavy (non-hydrogen) atoms. The van der Waals surface area contributed by atoms with Crippen LogP contribution in [0.3, 0.4) is 0 Å². The maximum atomic E-state index is 4.59. The van der Waals surface area contributed by atoms with Gasteiger partial charge in [-0.15, -0.1) is 0 Å². The fourth-order valence-corrected chi connectivity index (χ4v) is 0.354. The van der Waals surface area contributed by atoms with Gasteiger partial charge in [0, 0.05) is 4.38 Å². The van der Waals surface area contributed by atoms with Gasteiger partial charge in [0.1, 0.15) is 0 Å². The average Bonchev–Trinajstić information content (AvgIpc) is 1.35. The Morgan fingerprint density at radius 1 is 1.86 bits per heavy atom. The molecule has 0 aliphatic carbocycles. The minimum Gasteiger partial charge on any atom is -0.514 e. The fraction of sp³-hybridized carbons (Fsp3) is 0.667. The number of hydrogen-bond acceptors (Lipinski definition) is 3. The van der Waals surface area contributed by atoms with Crippen molar-refractivity contribution in [2.24, 2.45) is 0 Å². The van der Waals surface area contributed by atoms with Crippen LogP contribution in [0.25, 0.3) is 0 Å². The molecule has 0 heterocycles. The molecule has 0 aliphatic heterocycles. The van der Waals surface area contributed by atoms with Gasteiger partial charge in [-0.05, 0) is 6.92 Å². The molecule has 0 fully saturated rings. The molecule has 0 aromatic heterocycles. The van der Waals surface area contributed by atoms with Crippen molar-refractivity contribution in [3.8, 4) is 0 Å². The predicted molar refractivity (Wildman–Crippen MR) is 31.6 cm³/mol. The minimum absolute atomic E-state index is 0. The summed E-state index contributed by atoms with van der Waals surface area (Å²) in [5, 5.41) is 0. The number of ether oxygens (including phenoxy) is 1. The molecule has 4 heteroatoms. The fourth-order valence-electron chi connectivity index (χ4n) is 0.118. The molecular weight excluding hydrogens is 249 g/mol. The quantitative estimate of drug-likeness (QED) is 0.390. The molecule has 0 unspecified atom stereocenters. The Labute approximate surface area is 113 Å². The molecule has 0 amide bonds. The zero-order chi connectivity index (χ0) is 4.99. The van der Waals surface area contributed by atoms with Gasteiger partial charge in [-0.1, -0.05) is 0 Å². The number of hydrogen-bond donors (Lipinski definition) is 0. The van der Waals surface area contributed by atoms with E-state index >= 15 is 0 Å². The van der Waals surface area contributed by atoms with E-state index in [1.54, 1.807) is 0 Å². The smallest absolute Gasteiger partial charge is 0.514 e. The van der Waals surface area contributed by atoms with Crippen LogP contribution in [-0.2, 0) is 17.4 Å². The predicted octanol–water partition coefficient (Wildman–Crippen LogP) is -2.14. The van der Waals surface area contributed by atoms with Crippen molar-refractivity contribution in [2.75, 3.05) is 6.61 Å². The van der Waals surface area contributed by atoms with Gasteiger partial charge in [-0.25, -0.2) is 0 Å². The number of rotatable bonds is 1. The summed E-state index contributed by atoms with van der Waals surface area (Å²) in [6, 6.07) is 0. The van der Waals surface area contributed by atoms with Gasteiger partial charge in [-0.3, -0.25) is 0 Å². The summed E-state index contributed by atoms with van der Waals surface area (Å²) >= 11 is 8.77. The Morgan fingerprint density at radius 2 is 2.29 bits per heavy atom. The van der Waals surface area contributed by atoms with E-state index in [1.165, 1.54) is 0 Å². The summed E-state index contributed by atoms with van der Waals surface area (Å²) in [4.78, 5) is 0. The first-order valence-electron chi connectivity index (χ1n) is 1.61. The summed E-state index contributed by atoms with van der Waals surface area (Å²) in [5.74, 6) is 0. The standard InChI is InChI=1S/C3H6OS2.Cs/c1-2-4-3(5)6;/h2H2,1H3,(H,5,6);/q;+1/p-1. The van der Waals surface area contributed by atoms with E-state index in [-0.39, 0.29) is 73.3 Å². The molecule has 0 spiro atoms. The molecule has 0 radical (unpaired) electrons. The second kappa shape index (κ2) is 8.16. The van der Waals surface area contributed by atoms with E-state index in [0.29, 0.717) is 6.61 Å². The van der Waals surface area contributed by atoms with Crippen LogP contribution in [0.1, 0.15) is 6.92 Å². The molecule has 0 aliphatic rings. The van der Waals surface area contributed by atoms with E-state index in [2.05, 4.69) is 29.6 Å². The summed E-state index contributed by atoms with van der Waals surface area (Å²) in [6.45, 7) is 2.43. The SMILES string of the molecule is CCOC(=S)[S-].[Cs+]. The van der Waals surface area contributed by atoms with Crippen molar-refractivity contribution in [1.29, 1.82) is 0 Å². The van der Waals surface area contributed by atoms with Crippen LogP contribution in [-0.4, -0.2) is 11.0 Å². The molecule has 0 aromatic rings. The first-order valence-corrected chi connectivity index (χ1v) is 2.42. The molecule has 0 bridgehead atoms. The summed E-state index contributed by atoms with van der Waals surface area (Å²) in [5.41, 5.74) is 0. The zero-order valence-electron chi connectivity index (χ0n) is 4.43. The third kappa shape index (κ3) is 11.6. The van der Waals surface area contributed by atoms with Gasteiger partial charge in [-0.2, -0.15) is 0 Å². The Kier molecular flexibility index (Phi) is 13.9. The molecule has 0 N–H and O–H groups in total. The van der Waals surface area contributed by atoms with Crippen LogP contribution in [0.4, 0.5) is 0 Å². The molecule has 0 saturated heterocycles. The van der Waals surface area contributed by atoms with Crippen molar-refractivity contribution in [2.45, 2.75) is 6.92 Å². The van der Waals surface area contributed by atoms with Crippen molar-refractivity contribution in [3.63, 3.8) is 0 Å². The minimum atomic E-state index is 0. The first-order chi connectivity index (χ1) is 2.77. The van der Waals surface area contributed by atoms with Gasteiger partial charge in [0.15, 0.2) is 0 Å². The molecule has 0 atom stereocenters. The van der Waals surface area contributed by atoms with Crippen LogP contribution in [0.15, 0.2) is 0 Å². The van der Waals surface area contributed by atoms with Gasteiger partial charge in [0.05, 0.1) is 6.61 Å². The Morgan fingerprint density at radius 3 is 2.29 bits per heavy atom. The van der Waals surface area contributed by atoms with Crippen LogP contribution < -0.4 is 68.9 Å². The van der Waals surface area contributed by atoms with Crippen molar-refractivity contribution in [3.05, 3.63) is 0 Å². The van der Waals surface area contributed by atoms with Gasteiger partial charge in [0.2, 0.25) is 0 Å². The van der Waals surface area contributed by atoms with E-state index < -0.39 is 0 Å². The first kappa shape index (κ1) is 11.9. The molecule has 36 valence electrons. The average molecular weight is 254 g/mol. The van der Waals surface area contributed by atoms with Gasteiger partial charge >= 0.3 is 68.9 Å². The molecule has 1 nitrogen and oxygen atoms in total. The maximum absolute atomic E-state index is 4.59. The van der Waals surface area contributed by atoms with Crippen LogP contribution in [0.2, 0.25) is 0 Å². The van der Waals surface area contributed by atoms with Gasteiger partial charge < -0.3 is 29.6 Å². The van der Waals surface area contributed by atoms with E-state index in [0.717, 1.165) is 0 Å². The van der Waals surface area contributed by atoms with Crippen LogP contribution in [0, 0.1) is 0 Å². The molecule has 0 rings (SSSR count). The van der Waals surface area contributed by atoms with E-state index in [4.69, 9.17) is 0 Å². The third-order valence-corrected chi connectivity index (χ3v) is 0.498. The monoisotopic (exact) mass is 254 g/mol. The second-order valence-electron chi connectivity index (χ2n) is 0.683.